The molecule has 0 rings (SSSR count). The van der Waals surface area contributed by atoms with Gasteiger partial charge in [-0.05, 0) is 57.8 Å². The summed E-state index contributed by atoms with van der Waals surface area (Å²) in [6.07, 6.45) is 47.4. The van der Waals surface area contributed by atoms with E-state index in [1.54, 1.807) is 6.08 Å². The molecule has 0 radical (unpaired) electrons. The van der Waals surface area contributed by atoms with Gasteiger partial charge in [0.25, 0.3) is 0 Å². The number of carbonyl (C=O) groups excluding carboxylic acids is 1. The van der Waals surface area contributed by atoms with Gasteiger partial charge in [0.15, 0.2) is 0 Å². The van der Waals surface area contributed by atoms with Gasteiger partial charge >= 0.3 is 0 Å². The lowest BCUT2D eigenvalue weighted by Gasteiger charge is -2.21. The molecule has 0 aromatic heterocycles. The van der Waals surface area contributed by atoms with Gasteiger partial charge in [-0.1, -0.05) is 185 Å². The third-order valence-corrected chi connectivity index (χ3v) is 9.45. The Kier molecular flexibility index (Phi) is 37.2. The maximum absolute atomic E-state index is 12.4. The monoisotopic (exact) mass is 676 g/mol. The molecule has 0 saturated carbocycles. The summed E-state index contributed by atoms with van der Waals surface area (Å²) in [5.41, 5.74) is 0. The van der Waals surface area contributed by atoms with Crippen LogP contribution in [0.1, 0.15) is 206 Å². The molecule has 0 bridgehead atoms. The summed E-state index contributed by atoms with van der Waals surface area (Å²) in [4.78, 5) is 12.4. The van der Waals surface area contributed by atoms with Gasteiger partial charge in [0.1, 0.15) is 6.10 Å². The van der Waals surface area contributed by atoms with Gasteiger partial charge < -0.3 is 20.6 Å². The van der Waals surface area contributed by atoms with Crippen LogP contribution in [0.3, 0.4) is 0 Å². The van der Waals surface area contributed by atoms with E-state index in [9.17, 15) is 20.1 Å². The topological polar surface area (TPSA) is 89.8 Å². The first-order chi connectivity index (χ1) is 23.6. The molecule has 48 heavy (non-hydrogen) atoms. The first-order valence-electron chi connectivity index (χ1n) is 20.8. The highest BCUT2D eigenvalue weighted by Gasteiger charge is 2.22. The van der Waals surface area contributed by atoms with E-state index in [-0.39, 0.29) is 6.61 Å². The van der Waals surface area contributed by atoms with Crippen LogP contribution in [0.15, 0.2) is 36.5 Å². The highest BCUT2D eigenvalue weighted by Crippen LogP contribution is 2.14. The summed E-state index contributed by atoms with van der Waals surface area (Å²) >= 11 is 0. The Morgan fingerprint density at radius 1 is 0.500 bits per heavy atom. The fourth-order valence-electron chi connectivity index (χ4n) is 6.14. The second kappa shape index (κ2) is 38.4. The molecule has 282 valence electrons. The van der Waals surface area contributed by atoms with Crippen molar-refractivity contribution in [3.63, 3.8) is 0 Å². The number of unbranched alkanes of at least 4 members (excludes halogenated alkanes) is 25. The first-order valence-corrected chi connectivity index (χ1v) is 20.8. The van der Waals surface area contributed by atoms with Crippen molar-refractivity contribution in [1.29, 1.82) is 0 Å². The van der Waals surface area contributed by atoms with Gasteiger partial charge in [-0.3, -0.25) is 4.79 Å². The predicted molar refractivity (Wildman–Crippen MR) is 208 cm³/mol. The molecule has 1 amide bonds. The van der Waals surface area contributed by atoms with Crippen molar-refractivity contribution in [2.45, 2.75) is 225 Å². The summed E-state index contributed by atoms with van der Waals surface area (Å²) in [5.74, 6) is -0.518. The molecule has 0 aliphatic heterocycles. The molecular weight excluding hydrogens is 594 g/mol. The molecule has 0 heterocycles. The smallest absolute Gasteiger partial charge is 0.249 e. The second-order valence-corrected chi connectivity index (χ2v) is 14.2. The molecule has 3 atom stereocenters. The Bertz CT molecular complexity index is 749. The van der Waals surface area contributed by atoms with E-state index in [1.807, 2.05) is 6.08 Å². The normalized spacial score (nSPS) is 14.0. The van der Waals surface area contributed by atoms with E-state index in [0.29, 0.717) is 6.42 Å². The molecular formula is C43H81NO4. The molecule has 0 aromatic carbocycles. The van der Waals surface area contributed by atoms with Crippen LogP contribution in [0.5, 0.6) is 0 Å². The molecule has 4 N–H and O–H groups in total. The van der Waals surface area contributed by atoms with Crippen LogP contribution in [0.2, 0.25) is 0 Å². The van der Waals surface area contributed by atoms with Crippen LogP contribution in [-0.2, 0) is 4.79 Å². The molecule has 3 unspecified atom stereocenters. The molecule has 0 aliphatic rings. The minimum absolute atomic E-state index is 0.378. The number of hydrogen-bond acceptors (Lipinski definition) is 4. The van der Waals surface area contributed by atoms with Gasteiger partial charge in [0, 0.05) is 0 Å². The quantitative estimate of drug-likeness (QED) is 0.0390. The predicted octanol–water partition coefficient (Wildman–Crippen LogP) is 11.6. The lowest BCUT2D eigenvalue weighted by atomic mass is 10.0. The number of hydrogen-bond donors (Lipinski definition) is 4. The van der Waals surface area contributed by atoms with Crippen molar-refractivity contribution >= 4 is 5.91 Å². The van der Waals surface area contributed by atoms with Crippen molar-refractivity contribution in [1.82, 2.24) is 5.32 Å². The van der Waals surface area contributed by atoms with Crippen LogP contribution in [0.4, 0.5) is 0 Å². The maximum atomic E-state index is 12.4. The largest absolute Gasteiger partial charge is 0.394 e. The Balaban J connectivity index is 3.75. The second-order valence-electron chi connectivity index (χ2n) is 14.2. The minimum Gasteiger partial charge on any atom is -0.394 e. The number of aliphatic hydroxyl groups excluding tert-OH is 3. The fraction of sp³-hybridized carbons (Fsp3) is 0.837. The van der Waals surface area contributed by atoms with Crippen LogP contribution < -0.4 is 5.32 Å². The zero-order valence-electron chi connectivity index (χ0n) is 31.9. The number of allylic oxidation sites excluding steroid dienone is 5. The van der Waals surface area contributed by atoms with Crippen molar-refractivity contribution < 1.29 is 20.1 Å². The summed E-state index contributed by atoms with van der Waals surface area (Å²) in [5, 5.41) is 33.0. The molecule has 0 aromatic rings. The fourth-order valence-corrected chi connectivity index (χ4v) is 6.14. The third kappa shape index (κ3) is 33.1. The zero-order chi connectivity index (χ0) is 35.2. The van der Waals surface area contributed by atoms with Crippen LogP contribution in [0.25, 0.3) is 0 Å². The lowest BCUT2D eigenvalue weighted by molar-refractivity contribution is -0.131. The van der Waals surface area contributed by atoms with Crippen molar-refractivity contribution in [3.8, 4) is 0 Å². The standard InChI is InChI=1S/C43H81NO4/c1-3-5-7-9-11-13-15-17-19-21-22-24-26-28-30-32-34-36-38-42(47)43(48)44-40(39-45)41(46)37-35-33-31-29-27-25-23-20-18-16-14-12-10-8-6-4-2/h21-22,27,29,35,37,40-42,45-47H,3-20,23-26,28,30-34,36,38-39H2,1-2H3,(H,44,48)/b22-21-,29-27+,37-35+. The van der Waals surface area contributed by atoms with E-state index in [0.717, 1.165) is 38.5 Å². The highest BCUT2D eigenvalue weighted by molar-refractivity contribution is 5.80. The average Bonchev–Trinajstić information content (AvgIpc) is 3.09. The summed E-state index contributed by atoms with van der Waals surface area (Å²) in [6, 6.07) is -0.815. The molecule has 0 spiro atoms. The maximum Gasteiger partial charge on any atom is 0.249 e. The van der Waals surface area contributed by atoms with Crippen molar-refractivity contribution in [2.75, 3.05) is 6.61 Å². The molecule has 0 aliphatic carbocycles. The Morgan fingerprint density at radius 3 is 1.27 bits per heavy atom. The van der Waals surface area contributed by atoms with E-state index in [4.69, 9.17) is 0 Å². The Hall–Kier alpha value is -1.43. The van der Waals surface area contributed by atoms with E-state index >= 15 is 0 Å². The van der Waals surface area contributed by atoms with Gasteiger partial charge in [-0.15, -0.1) is 0 Å². The first kappa shape index (κ1) is 46.6. The number of amides is 1. The van der Waals surface area contributed by atoms with E-state index in [2.05, 4.69) is 43.5 Å². The van der Waals surface area contributed by atoms with E-state index < -0.39 is 24.2 Å². The summed E-state index contributed by atoms with van der Waals surface area (Å²) in [6.45, 7) is 4.16. The average molecular weight is 676 g/mol. The number of rotatable bonds is 37. The van der Waals surface area contributed by atoms with Crippen LogP contribution in [0, 0.1) is 0 Å². The zero-order valence-corrected chi connectivity index (χ0v) is 31.9. The number of carbonyl (C=O) groups is 1. The van der Waals surface area contributed by atoms with Crippen molar-refractivity contribution in [3.05, 3.63) is 36.5 Å². The Morgan fingerprint density at radius 2 is 0.854 bits per heavy atom. The number of aliphatic hydroxyl groups is 3. The minimum atomic E-state index is -1.11. The van der Waals surface area contributed by atoms with E-state index in [1.165, 1.54) is 148 Å². The lowest BCUT2D eigenvalue weighted by Crippen LogP contribution is -2.48. The van der Waals surface area contributed by atoms with Crippen LogP contribution >= 0.6 is 0 Å². The Labute approximate surface area is 298 Å². The van der Waals surface area contributed by atoms with Crippen molar-refractivity contribution in [2.24, 2.45) is 0 Å². The third-order valence-electron chi connectivity index (χ3n) is 9.45. The summed E-state index contributed by atoms with van der Waals surface area (Å²) in [7, 11) is 0. The van der Waals surface area contributed by atoms with Gasteiger partial charge in [-0.25, -0.2) is 0 Å². The SMILES string of the molecule is CCCCCCCCCC/C=C\CCCCCCCCC(O)C(=O)NC(CO)C(O)/C=C/CC/C=C/CCCCCCCCCCCC. The molecule has 5 heteroatoms. The number of nitrogens with one attached hydrogen (secondary N) is 1. The van der Waals surface area contributed by atoms with Gasteiger partial charge in [-0.2, -0.15) is 0 Å². The summed E-state index contributed by atoms with van der Waals surface area (Å²) < 4.78 is 0. The molecule has 0 fully saturated rings. The highest BCUT2D eigenvalue weighted by atomic mass is 16.3. The van der Waals surface area contributed by atoms with Gasteiger partial charge in [0.05, 0.1) is 18.8 Å². The molecule has 0 saturated heterocycles. The molecule has 5 nitrogen and oxygen atoms in total. The van der Waals surface area contributed by atoms with Crippen LogP contribution in [-0.4, -0.2) is 46.1 Å². The van der Waals surface area contributed by atoms with Gasteiger partial charge in [0.2, 0.25) is 5.91 Å².